The highest BCUT2D eigenvalue weighted by Crippen LogP contribution is 2.39. The zero-order valence-electron chi connectivity index (χ0n) is 15.1. The molecule has 0 radical (unpaired) electrons. The Labute approximate surface area is 172 Å². The van der Waals surface area contributed by atoms with Gasteiger partial charge >= 0.3 is 0 Å². The molecule has 0 spiro atoms. The second-order valence-corrected chi connectivity index (χ2v) is 7.31. The Morgan fingerprint density at radius 2 is 1.37 bits per heavy atom. The molecule has 0 aliphatic carbocycles. The lowest BCUT2D eigenvalue weighted by molar-refractivity contribution is 0.125. The number of rotatable bonds is 6. The minimum absolute atomic E-state index is 0.0400. The lowest BCUT2D eigenvalue weighted by Gasteiger charge is -2.31. The van der Waals surface area contributed by atoms with Crippen molar-refractivity contribution < 1.29 is 19.7 Å². The summed E-state index contributed by atoms with van der Waals surface area (Å²) in [6, 6.07) is 20.3. The number of aliphatic hydroxyl groups excluding tert-OH is 1. The van der Waals surface area contributed by atoms with E-state index >= 15 is 0 Å². The largest absolute Gasteiger partial charge is 0.497 e. The normalized spacial score (nSPS) is 13.1. The van der Waals surface area contributed by atoms with Crippen LogP contribution in [-0.4, -0.2) is 24.4 Å². The summed E-state index contributed by atoms with van der Waals surface area (Å²) in [5.41, 5.74) is 1.61. The number of hydrogen-bond acceptors (Lipinski definition) is 4. The molecule has 0 heterocycles. The number of ether oxygens (including phenoxy) is 2. The first-order chi connectivity index (χ1) is 13.0. The molecule has 0 saturated carbocycles. The van der Waals surface area contributed by atoms with Crippen LogP contribution in [0.25, 0.3) is 0 Å². The van der Waals surface area contributed by atoms with E-state index in [0.717, 1.165) is 31.8 Å². The second kappa shape index (κ2) is 8.29. The number of methoxy groups -OCH3 is 2. The number of halogens is 1. The van der Waals surface area contributed by atoms with Crippen LogP contribution in [0.5, 0.6) is 11.5 Å². The highest BCUT2D eigenvalue weighted by Gasteiger charge is 2.34. The fourth-order valence-corrected chi connectivity index (χ4v) is 3.81. The van der Waals surface area contributed by atoms with Gasteiger partial charge in [-0.25, -0.2) is 0 Å². The van der Waals surface area contributed by atoms with Gasteiger partial charge in [-0.2, -0.15) is 0 Å². The zero-order valence-corrected chi connectivity index (χ0v) is 17.3. The van der Waals surface area contributed by atoms with Gasteiger partial charge in [0.15, 0.2) is 0 Å². The predicted octanol–water partition coefficient (Wildman–Crippen LogP) is 4.08. The zero-order chi connectivity index (χ0) is 19.4. The van der Waals surface area contributed by atoms with Gasteiger partial charge in [-0.15, -0.1) is 0 Å². The Kier molecular flexibility index (Phi) is 6.04. The number of benzene rings is 3. The summed E-state index contributed by atoms with van der Waals surface area (Å²) >= 11 is 2.20. The molecule has 0 amide bonds. The van der Waals surface area contributed by atoms with Crippen molar-refractivity contribution >= 4 is 22.6 Å². The first kappa shape index (κ1) is 19.7. The van der Waals surface area contributed by atoms with Crippen molar-refractivity contribution in [1.29, 1.82) is 0 Å². The van der Waals surface area contributed by atoms with Gasteiger partial charge in [0.25, 0.3) is 0 Å². The summed E-state index contributed by atoms with van der Waals surface area (Å²) in [7, 11) is 3.24. The summed E-state index contributed by atoms with van der Waals surface area (Å²) in [6.07, 6.45) is 0. The molecule has 1 atom stereocenters. The second-order valence-electron chi connectivity index (χ2n) is 6.14. The van der Waals surface area contributed by atoms with Crippen LogP contribution < -0.4 is 9.47 Å². The maximum Gasteiger partial charge on any atom is 0.140 e. The first-order valence-corrected chi connectivity index (χ1v) is 9.52. The van der Waals surface area contributed by atoms with Gasteiger partial charge in [0.1, 0.15) is 17.1 Å². The lowest BCUT2D eigenvalue weighted by atomic mass is 9.80. The van der Waals surface area contributed by atoms with Crippen LogP contribution in [0.2, 0.25) is 0 Å². The molecule has 3 rings (SSSR count). The third-order valence-electron chi connectivity index (χ3n) is 4.63. The Morgan fingerprint density at radius 1 is 0.815 bits per heavy atom. The van der Waals surface area contributed by atoms with Crippen molar-refractivity contribution in [1.82, 2.24) is 0 Å². The van der Waals surface area contributed by atoms with E-state index in [0.29, 0.717) is 5.56 Å². The molecule has 0 fully saturated rings. The van der Waals surface area contributed by atoms with Crippen LogP contribution in [0, 0.1) is 3.57 Å². The molecule has 4 nitrogen and oxygen atoms in total. The van der Waals surface area contributed by atoms with Gasteiger partial charge in [-0.3, -0.25) is 0 Å². The number of hydrogen-bond donors (Lipinski definition) is 2. The number of aliphatic hydroxyl groups is 2. The van der Waals surface area contributed by atoms with Crippen LogP contribution in [0.4, 0.5) is 0 Å². The van der Waals surface area contributed by atoms with E-state index in [1.165, 1.54) is 0 Å². The van der Waals surface area contributed by atoms with Crippen LogP contribution in [-0.2, 0) is 12.2 Å². The molecule has 5 heteroatoms. The molecule has 0 bridgehead atoms. The van der Waals surface area contributed by atoms with E-state index in [-0.39, 0.29) is 6.61 Å². The van der Waals surface area contributed by atoms with E-state index in [4.69, 9.17) is 9.47 Å². The molecule has 2 N–H and O–H groups in total. The summed E-state index contributed by atoms with van der Waals surface area (Å²) < 4.78 is 11.5. The molecule has 0 aromatic heterocycles. The van der Waals surface area contributed by atoms with Crippen molar-refractivity contribution in [2.24, 2.45) is 0 Å². The van der Waals surface area contributed by atoms with E-state index in [9.17, 15) is 10.2 Å². The van der Waals surface area contributed by atoms with E-state index in [1.807, 2.05) is 66.7 Å². The summed E-state index contributed by atoms with van der Waals surface area (Å²) in [6.45, 7) is -0.0400. The molecule has 3 aromatic rings. The first-order valence-electron chi connectivity index (χ1n) is 8.44. The van der Waals surface area contributed by atoms with Gasteiger partial charge < -0.3 is 19.7 Å². The molecule has 0 saturated heterocycles. The maximum atomic E-state index is 11.9. The summed E-state index contributed by atoms with van der Waals surface area (Å²) in [5, 5.41) is 21.2. The van der Waals surface area contributed by atoms with Crippen LogP contribution in [0.15, 0.2) is 66.7 Å². The van der Waals surface area contributed by atoms with Gasteiger partial charge in [-0.1, -0.05) is 42.5 Å². The third-order valence-corrected chi connectivity index (χ3v) is 5.47. The van der Waals surface area contributed by atoms with E-state index in [2.05, 4.69) is 22.6 Å². The fraction of sp³-hybridized carbons (Fsp3) is 0.182. The summed E-state index contributed by atoms with van der Waals surface area (Å²) in [5.74, 6) is 1.48. The topological polar surface area (TPSA) is 58.9 Å². The van der Waals surface area contributed by atoms with Gasteiger partial charge in [0, 0.05) is 0 Å². The van der Waals surface area contributed by atoms with Crippen molar-refractivity contribution in [3.63, 3.8) is 0 Å². The average Bonchev–Trinajstić information content (AvgIpc) is 2.73. The molecular weight excluding hydrogens is 455 g/mol. The molecule has 27 heavy (non-hydrogen) atoms. The van der Waals surface area contributed by atoms with Crippen LogP contribution in [0.1, 0.15) is 22.3 Å². The molecule has 0 aliphatic heterocycles. The van der Waals surface area contributed by atoms with Crippen molar-refractivity contribution in [2.45, 2.75) is 12.2 Å². The Bertz CT molecular complexity index is 857. The lowest BCUT2D eigenvalue weighted by Crippen LogP contribution is -2.29. The van der Waals surface area contributed by atoms with Crippen molar-refractivity contribution in [3.8, 4) is 11.5 Å². The minimum atomic E-state index is -1.35. The van der Waals surface area contributed by atoms with Crippen LogP contribution >= 0.6 is 22.6 Å². The Morgan fingerprint density at radius 3 is 1.85 bits per heavy atom. The molecule has 0 aliphatic rings. The Hall–Kier alpha value is -2.09. The molecule has 140 valence electrons. The highest BCUT2D eigenvalue weighted by molar-refractivity contribution is 14.1. The smallest absolute Gasteiger partial charge is 0.140 e. The third kappa shape index (κ3) is 3.81. The average molecular weight is 476 g/mol. The monoisotopic (exact) mass is 476 g/mol. The van der Waals surface area contributed by atoms with Crippen molar-refractivity contribution in [2.75, 3.05) is 14.2 Å². The summed E-state index contributed by atoms with van der Waals surface area (Å²) in [4.78, 5) is 0. The SMILES string of the molecule is COc1ccc(C(O)(c2ccc(CO)cc2)c2ccc(OC)c(I)c2)cc1. The van der Waals surface area contributed by atoms with E-state index in [1.54, 1.807) is 14.2 Å². The van der Waals surface area contributed by atoms with Crippen LogP contribution in [0.3, 0.4) is 0 Å². The fourth-order valence-electron chi connectivity index (χ4n) is 3.08. The Balaban J connectivity index is 2.19. The molecular formula is C22H21IO4. The van der Waals surface area contributed by atoms with Gasteiger partial charge in [0.2, 0.25) is 0 Å². The predicted molar refractivity (Wildman–Crippen MR) is 113 cm³/mol. The maximum absolute atomic E-state index is 11.9. The highest BCUT2D eigenvalue weighted by atomic mass is 127. The van der Waals surface area contributed by atoms with Crippen molar-refractivity contribution in [3.05, 3.63) is 92.6 Å². The standard InChI is InChI=1S/C22H21IO4/c1-26-19-10-7-17(8-11-19)22(25,16-5-3-15(14-24)4-6-16)18-9-12-21(27-2)20(23)13-18/h3-13,24-25H,14H2,1-2H3. The molecule has 3 aromatic carbocycles. The van der Waals surface area contributed by atoms with Gasteiger partial charge in [-0.05, 0) is 69.1 Å². The van der Waals surface area contributed by atoms with E-state index < -0.39 is 5.60 Å². The van der Waals surface area contributed by atoms with Gasteiger partial charge in [0.05, 0.1) is 24.4 Å². The minimum Gasteiger partial charge on any atom is -0.497 e. The molecule has 1 unspecified atom stereocenters. The quantitative estimate of drug-likeness (QED) is 0.416.